The quantitative estimate of drug-likeness (QED) is 0.798. The Morgan fingerprint density at radius 3 is 1.89 bits per heavy atom. The first-order valence-electron chi connectivity index (χ1n) is 9.26. The maximum atomic E-state index is 12.2. The molecule has 144 valence electrons. The van der Waals surface area contributed by atoms with E-state index in [-0.39, 0.29) is 11.2 Å². The molecule has 2 heterocycles. The van der Waals surface area contributed by atoms with Crippen LogP contribution in [0.2, 0.25) is 0 Å². The molecule has 0 radical (unpaired) electrons. The predicted octanol–water partition coefficient (Wildman–Crippen LogP) is 4.56. The van der Waals surface area contributed by atoms with Crippen LogP contribution in [0.4, 0.5) is 0 Å². The molecule has 0 atom stereocenters. The number of carboxylic acids is 1. The van der Waals surface area contributed by atoms with Gasteiger partial charge in [0.05, 0.1) is 18.7 Å². The summed E-state index contributed by atoms with van der Waals surface area (Å²) in [4.78, 5) is 31.1. The number of benzene rings is 2. The van der Waals surface area contributed by atoms with Gasteiger partial charge in [0.1, 0.15) is 0 Å². The average molecular weight is 376 g/mol. The molecule has 0 aromatic heterocycles. The lowest BCUT2D eigenvalue weighted by Crippen LogP contribution is -2.14. The summed E-state index contributed by atoms with van der Waals surface area (Å²) in [5.74, 6) is -0.646. The number of fused-ring (bicyclic) bond motifs is 2. The molecule has 2 aromatic carbocycles. The van der Waals surface area contributed by atoms with Gasteiger partial charge in [0.2, 0.25) is 0 Å². The van der Waals surface area contributed by atoms with E-state index >= 15 is 0 Å². The van der Waals surface area contributed by atoms with E-state index in [0.717, 1.165) is 27.8 Å². The van der Waals surface area contributed by atoms with Crippen LogP contribution >= 0.6 is 0 Å². The van der Waals surface area contributed by atoms with Crippen molar-refractivity contribution in [2.45, 2.75) is 40.3 Å². The van der Waals surface area contributed by atoms with E-state index in [1.165, 1.54) is 0 Å². The second kappa shape index (κ2) is 7.89. The van der Waals surface area contributed by atoms with Crippen molar-refractivity contribution in [2.75, 3.05) is 0 Å². The van der Waals surface area contributed by atoms with Crippen LogP contribution in [-0.4, -0.2) is 29.3 Å². The Labute approximate surface area is 164 Å². The van der Waals surface area contributed by atoms with Crippen LogP contribution in [0, 0.1) is 5.41 Å². The highest BCUT2D eigenvalue weighted by Gasteiger charge is 2.21. The van der Waals surface area contributed by atoms with Crippen LogP contribution in [0.25, 0.3) is 0 Å². The van der Waals surface area contributed by atoms with Crippen LogP contribution in [-0.2, 0) is 13.1 Å². The van der Waals surface area contributed by atoms with E-state index in [1.807, 2.05) is 30.5 Å². The lowest BCUT2D eigenvalue weighted by molar-refractivity contribution is 0.0695. The normalized spacial score (nSPS) is 13.5. The van der Waals surface area contributed by atoms with Gasteiger partial charge in [-0.2, -0.15) is 0 Å². The minimum Gasteiger partial charge on any atom is -0.478 e. The van der Waals surface area contributed by atoms with E-state index in [9.17, 15) is 9.59 Å². The summed E-state index contributed by atoms with van der Waals surface area (Å²) in [6.07, 6.45) is 4.15. The number of Topliss-reactive ketones (excluding diaryl/α,β-unsaturated/α-hetero) is 1. The molecule has 28 heavy (non-hydrogen) atoms. The number of carbonyl (C=O) groups excluding carboxylic acids is 1. The Morgan fingerprint density at radius 2 is 1.39 bits per heavy atom. The molecule has 0 spiro atoms. The lowest BCUT2D eigenvalue weighted by Gasteiger charge is -2.17. The van der Waals surface area contributed by atoms with Crippen LogP contribution in [0.5, 0.6) is 0 Å². The van der Waals surface area contributed by atoms with Gasteiger partial charge in [-0.25, -0.2) is 4.79 Å². The Hall–Kier alpha value is -3.08. The molecule has 0 unspecified atom stereocenters. The molecule has 5 nitrogen and oxygen atoms in total. The van der Waals surface area contributed by atoms with Crippen molar-refractivity contribution in [3.63, 3.8) is 0 Å². The van der Waals surface area contributed by atoms with Gasteiger partial charge in [0.25, 0.3) is 0 Å². The summed E-state index contributed by atoms with van der Waals surface area (Å²) >= 11 is 0. The third kappa shape index (κ3) is 4.42. The number of nitrogens with zero attached hydrogens (tertiary/aromatic N) is 2. The summed E-state index contributed by atoms with van der Waals surface area (Å²) in [7, 11) is 0. The zero-order chi connectivity index (χ0) is 20.3. The molecule has 5 heteroatoms. The number of carboxylic acid groups (broad SMARTS) is 1. The van der Waals surface area contributed by atoms with E-state index in [2.05, 4.69) is 30.8 Å². The summed E-state index contributed by atoms with van der Waals surface area (Å²) in [6, 6.07) is 11.1. The first-order chi connectivity index (χ1) is 13.3. The van der Waals surface area contributed by atoms with Crippen molar-refractivity contribution < 1.29 is 14.7 Å². The summed E-state index contributed by atoms with van der Waals surface area (Å²) in [5, 5.41) is 8.79. The van der Waals surface area contributed by atoms with Gasteiger partial charge in [-0.05, 0) is 33.7 Å². The first-order valence-corrected chi connectivity index (χ1v) is 9.26. The first kappa shape index (κ1) is 19.7. The monoisotopic (exact) mass is 376 g/mol. The minimum atomic E-state index is -0.877. The van der Waals surface area contributed by atoms with Crippen LogP contribution in [0.1, 0.15) is 70.2 Å². The molecule has 1 N–H and O–H groups in total. The second-order valence-electron chi connectivity index (χ2n) is 8.15. The third-order valence-corrected chi connectivity index (χ3v) is 4.61. The average Bonchev–Trinajstić information content (AvgIpc) is 3.28. The fourth-order valence-electron chi connectivity index (χ4n) is 3.31. The third-order valence-electron chi connectivity index (χ3n) is 4.61. The van der Waals surface area contributed by atoms with Gasteiger partial charge in [-0.1, -0.05) is 51.1 Å². The molecule has 0 bridgehead atoms. The fourth-order valence-corrected chi connectivity index (χ4v) is 3.31. The van der Waals surface area contributed by atoms with Crippen LogP contribution < -0.4 is 0 Å². The fraction of sp³-hybridized carbons (Fsp3) is 0.304. The molecule has 0 fully saturated rings. The number of hydrogen-bond donors (Lipinski definition) is 1. The minimum absolute atomic E-state index is 0.0409. The van der Waals surface area contributed by atoms with Crippen molar-refractivity contribution in [2.24, 2.45) is 15.4 Å². The number of hydrogen-bond acceptors (Lipinski definition) is 4. The van der Waals surface area contributed by atoms with Gasteiger partial charge < -0.3 is 5.11 Å². The maximum absolute atomic E-state index is 12.2. The van der Waals surface area contributed by atoms with E-state index in [0.29, 0.717) is 25.1 Å². The lowest BCUT2D eigenvalue weighted by atomic mass is 9.86. The van der Waals surface area contributed by atoms with Crippen LogP contribution in [0.3, 0.4) is 0 Å². The van der Waals surface area contributed by atoms with Crippen molar-refractivity contribution in [3.05, 3.63) is 69.8 Å². The molecule has 0 saturated heterocycles. The number of rotatable bonds is 3. The molecule has 4 rings (SSSR count). The zero-order valence-electron chi connectivity index (χ0n) is 16.4. The highest BCUT2D eigenvalue weighted by atomic mass is 16.4. The van der Waals surface area contributed by atoms with Crippen molar-refractivity contribution >= 4 is 24.2 Å². The van der Waals surface area contributed by atoms with E-state index in [1.54, 1.807) is 18.3 Å². The van der Waals surface area contributed by atoms with E-state index < -0.39 is 5.97 Å². The van der Waals surface area contributed by atoms with Crippen molar-refractivity contribution in [3.8, 4) is 0 Å². The van der Waals surface area contributed by atoms with Crippen molar-refractivity contribution in [1.82, 2.24) is 0 Å². The topological polar surface area (TPSA) is 79.1 Å². The van der Waals surface area contributed by atoms with Gasteiger partial charge in [-0.3, -0.25) is 14.8 Å². The standard InChI is InChI=1S/C14H17NO.C9H7NO2/c1-14(2,3)7-13(16)11-6-4-5-10-8-15-9-12(10)11;11-9(12)7-3-1-2-6-4-10-5-8(6)7/h4-6,8H,7,9H2,1-3H3;1-4H,5H2,(H,11,12). The summed E-state index contributed by atoms with van der Waals surface area (Å²) in [6.45, 7) is 7.42. The maximum Gasteiger partial charge on any atom is 0.336 e. The number of ketones is 1. The summed E-state index contributed by atoms with van der Waals surface area (Å²) < 4.78 is 0. The highest BCUT2D eigenvalue weighted by Crippen LogP contribution is 2.26. The predicted molar refractivity (Wildman–Crippen MR) is 111 cm³/mol. The zero-order valence-corrected chi connectivity index (χ0v) is 16.4. The van der Waals surface area contributed by atoms with Crippen LogP contribution in [0.15, 0.2) is 46.4 Å². The van der Waals surface area contributed by atoms with Gasteiger partial charge in [0, 0.05) is 24.4 Å². The molecule has 2 aliphatic rings. The largest absolute Gasteiger partial charge is 0.478 e. The molecular formula is C23H24N2O3. The molecule has 0 saturated carbocycles. The van der Waals surface area contributed by atoms with Gasteiger partial charge in [-0.15, -0.1) is 0 Å². The van der Waals surface area contributed by atoms with Gasteiger partial charge in [0.15, 0.2) is 5.78 Å². The SMILES string of the molecule is CC(C)(C)CC(=O)c1cccc2c1CN=C2.O=C(O)c1cccc2c1CN=C2. The Morgan fingerprint density at radius 1 is 0.893 bits per heavy atom. The smallest absolute Gasteiger partial charge is 0.336 e. The molecular weight excluding hydrogens is 352 g/mol. The number of aromatic carboxylic acids is 1. The number of aliphatic imine (C=N–C) groups is 2. The molecule has 2 aromatic rings. The van der Waals surface area contributed by atoms with E-state index in [4.69, 9.17) is 5.11 Å². The molecule has 2 aliphatic heterocycles. The molecule has 0 aliphatic carbocycles. The second-order valence-corrected chi connectivity index (χ2v) is 8.15. The molecule has 0 amide bonds. The Balaban J connectivity index is 0.000000167. The Bertz CT molecular complexity index is 982. The Kier molecular flexibility index (Phi) is 5.54. The highest BCUT2D eigenvalue weighted by molar-refractivity contribution is 6.01. The van der Waals surface area contributed by atoms with Crippen molar-refractivity contribution in [1.29, 1.82) is 0 Å². The number of carbonyl (C=O) groups is 2. The van der Waals surface area contributed by atoms with Gasteiger partial charge >= 0.3 is 5.97 Å². The summed E-state index contributed by atoms with van der Waals surface area (Å²) in [5.41, 5.74) is 5.20.